The van der Waals surface area contributed by atoms with Crippen molar-refractivity contribution in [2.75, 3.05) is 19.8 Å². The molecule has 13 heavy (non-hydrogen) atoms. The summed E-state index contributed by atoms with van der Waals surface area (Å²) in [6.45, 7) is 1.62. The Hall–Kier alpha value is -0.610. The Morgan fingerprint density at radius 3 is 3.00 bits per heavy atom. The number of ether oxygens (including phenoxy) is 1. The van der Waals surface area contributed by atoms with Gasteiger partial charge in [0, 0.05) is 12.5 Å². The number of carbonyl (C=O) groups excluding carboxylic acids is 1. The van der Waals surface area contributed by atoms with Crippen LogP contribution in [0.25, 0.3) is 0 Å². The van der Waals surface area contributed by atoms with E-state index in [0.29, 0.717) is 6.61 Å². The van der Waals surface area contributed by atoms with Gasteiger partial charge in [-0.3, -0.25) is 9.69 Å². The minimum atomic E-state index is -0.111. The zero-order valence-electron chi connectivity index (χ0n) is 7.61. The molecule has 2 aliphatic rings. The third-order valence-electron chi connectivity index (χ3n) is 2.94. The highest BCUT2D eigenvalue weighted by Crippen LogP contribution is 2.24. The van der Waals surface area contributed by atoms with E-state index in [4.69, 9.17) is 9.84 Å². The van der Waals surface area contributed by atoms with Crippen molar-refractivity contribution in [1.29, 1.82) is 0 Å². The van der Waals surface area contributed by atoms with Crippen LogP contribution >= 0.6 is 0 Å². The fraction of sp³-hybridized carbons (Fsp3) is 0.889. The number of hydrogen-bond donors (Lipinski definition) is 1. The number of nitrogens with zero attached hydrogens (tertiary/aromatic N) is 1. The smallest absolute Gasteiger partial charge is 0.323 e. The molecule has 2 fully saturated rings. The molecule has 2 atom stereocenters. The summed E-state index contributed by atoms with van der Waals surface area (Å²) < 4.78 is 4.91. The minimum Gasteiger partial charge on any atom is -0.464 e. The maximum absolute atomic E-state index is 11.3. The average Bonchev–Trinajstić information content (AvgIpc) is 2.71. The topological polar surface area (TPSA) is 49.8 Å². The van der Waals surface area contributed by atoms with Gasteiger partial charge in [-0.05, 0) is 19.4 Å². The van der Waals surface area contributed by atoms with Crippen molar-refractivity contribution in [3.05, 3.63) is 0 Å². The lowest BCUT2D eigenvalue weighted by molar-refractivity contribution is -0.142. The van der Waals surface area contributed by atoms with Gasteiger partial charge in [0.1, 0.15) is 6.04 Å². The molecule has 2 rings (SSSR count). The lowest BCUT2D eigenvalue weighted by Crippen LogP contribution is -2.43. The fourth-order valence-electron chi connectivity index (χ4n) is 2.25. The van der Waals surface area contributed by atoms with Crippen LogP contribution in [0.5, 0.6) is 0 Å². The van der Waals surface area contributed by atoms with Crippen LogP contribution in [0.3, 0.4) is 0 Å². The summed E-state index contributed by atoms with van der Waals surface area (Å²) in [6.07, 6.45) is 2.87. The summed E-state index contributed by atoms with van der Waals surface area (Å²) in [4.78, 5) is 13.4. The number of aliphatic hydroxyl groups excluding tert-OH is 1. The molecule has 0 amide bonds. The van der Waals surface area contributed by atoms with Crippen molar-refractivity contribution in [1.82, 2.24) is 4.90 Å². The Morgan fingerprint density at radius 2 is 2.38 bits per heavy atom. The second kappa shape index (κ2) is 3.64. The molecule has 4 heteroatoms. The standard InChI is InChI=1S/C9H15NO3/c11-6-7-2-1-4-10(7)8-3-5-13-9(8)12/h7-8,11H,1-6H2/t7-,8?/m0/s1. The van der Waals surface area contributed by atoms with Gasteiger partial charge in [-0.25, -0.2) is 0 Å². The molecule has 1 N–H and O–H groups in total. The van der Waals surface area contributed by atoms with Crippen molar-refractivity contribution in [2.45, 2.75) is 31.3 Å². The first kappa shape index (κ1) is 8.97. The molecule has 0 spiro atoms. The monoisotopic (exact) mass is 185 g/mol. The van der Waals surface area contributed by atoms with Crippen LogP contribution in [-0.2, 0) is 9.53 Å². The molecule has 0 aromatic heterocycles. The molecule has 4 nitrogen and oxygen atoms in total. The van der Waals surface area contributed by atoms with Crippen LogP contribution in [0.1, 0.15) is 19.3 Å². The van der Waals surface area contributed by atoms with Crippen molar-refractivity contribution < 1.29 is 14.6 Å². The van der Waals surface area contributed by atoms with E-state index in [1.165, 1.54) is 0 Å². The number of aliphatic hydroxyl groups is 1. The number of rotatable bonds is 2. The third-order valence-corrected chi connectivity index (χ3v) is 2.94. The van der Waals surface area contributed by atoms with Crippen molar-refractivity contribution in [2.24, 2.45) is 0 Å². The van der Waals surface area contributed by atoms with Gasteiger partial charge in [-0.2, -0.15) is 0 Å². The molecule has 0 saturated carbocycles. The van der Waals surface area contributed by atoms with E-state index in [0.717, 1.165) is 25.8 Å². The number of cyclic esters (lactones) is 1. The summed E-state index contributed by atoms with van der Waals surface area (Å²) in [5.74, 6) is -0.111. The molecule has 0 aromatic rings. The molecule has 1 unspecified atom stereocenters. The summed E-state index contributed by atoms with van der Waals surface area (Å²) in [5, 5.41) is 9.09. The highest BCUT2D eigenvalue weighted by Gasteiger charge is 2.38. The molecule has 2 saturated heterocycles. The van der Waals surface area contributed by atoms with Gasteiger partial charge < -0.3 is 9.84 Å². The SMILES string of the molecule is O=C1OCCC1N1CCC[C@H]1CO. The van der Waals surface area contributed by atoms with E-state index in [1.807, 2.05) is 0 Å². The molecule has 0 bridgehead atoms. The molecule has 0 radical (unpaired) electrons. The number of hydrogen-bond acceptors (Lipinski definition) is 4. The van der Waals surface area contributed by atoms with Crippen LogP contribution in [0, 0.1) is 0 Å². The Bertz CT molecular complexity index is 207. The molecule has 2 aliphatic heterocycles. The number of carbonyl (C=O) groups is 1. The Kier molecular flexibility index (Phi) is 2.51. The van der Waals surface area contributed by atoms with Crippen molar-refractivity contribution in [3.8, 4) is 0 Å². The predicted molar refractivity (Wildman–Crippen MR) is 46.2 cm³/mol. The second-order valence-corrected chi connectivity index (χ2v) is 3.69. The highest BCUT2D eigenvalue weighted by atomic mass is 16.5. The molecule has 0 aromatic carbocycles. The quantitative estimate of drug-likeness (QED) is 0.603. The van der Waals surface area contributed by atoms with E-state index in [9.17, 15) is 4.79 Å². The molecule has 74 valence electrons. The van der Waals surface area contributed by atoms with E-state index in [-0.39, 0.29) is 24.7 Å². The molecule has 0 aliphatic carbocycles. The van der Waals surface area contributed by atoms with Crippen LogP contribution < -0.4 is 0 Å². The lowest BCUT2D eigenvalue weighted by Gasteiger charge is -2.26. The zero-order chi connectivity index (χ0) is 9.26. The first-order valence-electron chi connectivity index (χ1n) is 4.86. The zero-order valence-corrected chi connectivity index (χ0v) is 7.61. The van der Waals surface area contributed by atoms with Gasteiger partial charge in [0.05, 0.1) is 13.2 Å². The maximum Gasteiger partial charge on any atom is 0.323 e. The lowest BCUT2D eigenvalue weighted by atomic mass is 10.2. The first-order chi connectivity index (χ1) is 6.33. The summed E-state index contributed by atoms with van der Waals surface area (Å²) >= 11 is 0. The Morgan fingerprint density at radius 1 is 1.54 bits per heavy atom. The fourth-order valence-corrected chi connectivity index (χ4v) is 2.25. The maximum atomic E-state index is 11.3. The van der Waals surface area contributed by atoms with Gasteiger partial charge >= 0.3 is 5.97 Å². The summed E-state index contributed by atoms with van der Waals surface area (Å²) in [5.41, 5.74) is 0. The van der Waals surface area contributed by atoms with Crippen molar-refractivity contribution >= 4 is 5.97 Å². The molecular formula is C9H15NO3. The largest absolute Gasteiger partial charge is 0.464 e. The predicted octanol–water partition coefficient (Wildman–Crippen LogP) is -0.241. The number of likely N-dealkylation sites (tertiary alicyclic amines) is 1. The van der Waals surface area contributed by atoms with Crippen LogP contribution in [0.15, 0.2) is 0 Å². The van der Waals surface area contributed by atoms with E-state index >= 15 is 0 Å². The van der Waals surface area contributed by atoms with E-state index < -0.39 is 0 Å². The Labute approximate surface area is 77.5 Å². The van der Waals surface area contributed by atoms with Crippen LogP contribution in [-0.4, -0.2) is 47.8 Å². The molecule has 2 heterocycles. The van der Waals surface area contributed by atoms with Gasteiger partial charge in [0.25, 0.3) is 0 Å². The van der Waals surface area contributed by atoms with Gasteiger partial charge in [0.15, 0.2) is 0 Å². The summed E-state index contributed by atoms with van der Waals surface area (Å²) in [7, 11) is 0. The first-order valence-corrected chi connectivity index (χ1v) is 4.86. The Balaban J connectivity index is 2.02. The second-order valence-electron chi connectivity index (χ2n) is 3.69. The summed E-state index contributed by atoms with van der Waals surface area (Å²) in [6, 6.07) is 0.0929. The number of esters is 1. The average molecular weight is 185 g/mol. The van der Waals surface area contributed by atoms with Gasteiger partial charge in [0.2, 0.25) is 0 Å². The van der Waals surface area contributed by atoms with Gasteiger partial charge in [-0.1, -0.05) is 0 Å². The minimum absolute atomic E-state index is 0.0837. The molecular weight excluding hydrogens is 170 g/mol. The van der Waals surface area contributed by atoms with Crippen molar-refractivity contribution in [3.63, 3.8) is 0 Å². The third kappa shape index (κ3) is 1.56. The van der Waals surface area contributed by atoms with E-state index in [2.05, 4.69) is 4.90 Å². The van der Waals surface area contributed by atoms with Gasteiger partial charge in [-0.15, -0.1) is 0 Å². The van der Waals surface area contributed by atoms with Crippen LogP contribution in [0.4, 0.5) is 0 Å². The van der Waals surface area contributed by atoms with Crippen LogP contribution in [0.2, 0.25) is 0 Å². The van der Waals surface area contributed by atoms with E-state index in [1.54, 1.807) is 0 Å². The highest BCUT2D eigenvalue weighted by molar-refractivity contribution is 5.77. The normalized spacial score (nSPS) is 35.3.